The molecule has 0 atom stereocenters. The van der Waals surface area contributed by atoms with Gasteiger partial charge in [-0.15, -0.1) is 0 Å². The molecule has 2 rings (SSSR count). The van der Waals surface area contributed by atoms with Gasteiger partial charge in [-0.1, -0.05) is 31.5 Å². The van der Waals surface area contributed by atoms with Gasteiger partial charge in [0.05, 0.1) is 11.4 Å². The van der Waals surface area contributed by atoms with Gasteiger partial charge in [-0.2, -0.15) is 4.31 Å². The molecule has 7 heteroatoms. The van der Waals surface area contributed by atoms with Crippen LogP contribution >= 0.6 is 0 Å². The van der Waals surface area contributed by atoms with Crippen molar-refractivity contribution in [2.24, 2.45) is 0 Å². The number of hydrogen-bond donors (Lipinski definition) is 1. The van der Waals surface area contributed by atoms with E-state index in [2.05, 4.69) is 5.32 Å². The molecular formula is C20H26N2O4S. The first kappa shape index (κ1) is 20.9. The topological polar surface area (TPSA) is 75.7 Å². The van der Waals surface area contributed by atoms with Gasteiger partial charge in [-0.25, -0.2) is 8.42 Å². The van der Waals surface area contributed by atoms with Crippen molar-refractivity contribution in [1.29, 1.82) is 0 Å². The third kappa shape index (κ3) is 5.55. The Balaban J connectivity index is 1.89. The summed E-state index contributed by atoms with van der Waals surface area (Å²) in [7, 11) is -3.52. The molecule has 27 heavy (non-hydrogen) atoms. The summed E-state index contributed by atoms with van der Waals surface area (Å²) in [5, 5.41) is 2.76. The van der Waals surface area contributed by atoms with Gasteiger partial charge in [-0.3, -0.25) is 4.79 Å². The number of carbonyl (C=O) groups is 1. The number of ether oxygens (including phenoxy) is 1. The molecule has 1 N–H and O–H groups in total. The largest absolute Gasteiger partial charge is 0.492 e. The first-order valence-corrected chi connectivity index (χ1v) is 10.4. The highest BCUT2D eigenvalue weighted by Crippen LogP contribution is 2.16. The fraction of sp³-hybridized carbons (Fsp3) is 0.350. The zero-order valence-corrected chi connectivity index (χ0v) is 16.8. The van der Waals surface area contributed by atoms with Crippen molar-refractivity contribution in [1.82, 2.24) is 9.62 Å². The fourth-order valence-electron chi connectivity index (χ4n) is 2.56. The molecule has 0 aliphatic carbocycles. The molecule has 0 spiro atoms. The molecule has 0 radical (unpaired) electrons. The van der Waals surface area contributed by atoms with E-state index in [1.54, 1.807) is 13.8 Å². The summed E-state index contributed by atoms with van der Waals surface area (Å²) in [6, 6.07) is 13.7. The van der Waals surface area contributed by atoms with Gasteiger partial charge >= 0.3 is 0 Å². The Kier molecular flexibility index (Phi) is 7.38. The van der Waals surface area contributed by atoms with Crippen LogP contribution in [-0.4, -0.2) is 44.9 Å². The normalized spacial score (nSPS) is 11.4. The SMILES string of the molecule is CCN(CC)S(=O)(=O)c1ccc(C(=O)NCCOc2ccc(C)cc2)cc1. The Hall–Kier alpha value is -2.38. The maximum atomic E-state index is 12.5. The Bertz CT molecular complexity index is 843. The van der Waals surface area contributed by atoms with Crippen LogP contribution in [0.15, 0.2) is 53.4 Å². The molecule has 0 aromatic heterocycles. The van der Waals surface area contributed by atoms with E-state index in [1.807, 2.05) is 31.2 Å². The number of sulfonamides is 1. The van der Waals surface area contributed by atoms with Crippen molar-refractivity contribution in [2.45, 2.75) is 25.7 Å². The highest BCUT2D eigenvalue weighted by molar-refractivity contribution is 7.89. The smallest absolute Gasteiger partial charge is 0.251 e. The van der Waals surface area contributed by atoms with Crippen LogP contribution in [-0.2, 0) is 10.0 Å². The Labute approximate surface area is 161 Å². The minimum atomic E-state index is -3.52. The van der Waals surface area contributed by atoms with Gasteiger partial charge in [0.1, 0.15) is 12.4 Å². The minimum Gasteiger partial charge on any atom is -0.492 e. The molecule has 0 unspecified atom stereocenters. The van der Waals surface area contributed by atoms with Crippen LogP contribution in [0.25, 0.3) is 0 Å². The number of rotatable bonds is 9. The van der Waals surface area contributed by atoms with E-state index >= 15 is 0 Å². The number of benzene rings is 2. The molecule has 0 saturated carbocycles. The van der Waals surface area contributed by atoms with Crippen LogP contribution in [0.2, 0.25) is 0 Å². The van der Waals surface area contributed by atoms with E-state index in [0.29, 0.717) is 31.8 Å². The van der Waals surface area contributed by atoms with E-state index in [4.69, 9.17) is 4.74 Å². The zero-order chi connectivity index (χ0) is 19.9. The summed E-state index contributed by atoms with van der Waals surface area (Å²) < 4.78 is 31.8. The van der Waals surface area contributed by atoms with Crippen LogP contribution in [0, 0.1) is 6.92 Å². The second-order valence-corrected chi connectivity index (χ2v) is 7.97. The highest BCUT2D eigenvalue weighted by Gasteiger charge is 2.21. The highest BCUT2D eigenvalue weighted by atomic mass is 32.2. The van der Waals surface area contributed by atoms with Gasteiger partial charge in [0.2, 0.25) is 10.0 Å². The average molecular weight is 391 g/mol. The molecule has 0 heterocycles. The third-order valence-corrected chi connectivity index (χ3v) is 6.20. The van der Waals surface area contributed by atoms with Crippen LogP contribution < -0.4 is 10.1 Å². The van der Waals surface area contributed by atoms with E-state index in [1.165, 1.54) is 28.6 Å². The quantitative estimate of drug-likeness (QED) is 0.668. The molecule has 6 nitrogen and oxygen atoms in total. The molecule has 2 aromatic rings. The van der Waals surface area contributed by atoms with Crippen LogP contribution in [0.4, 0.5) is 0 Å². The van der Waals surface area contributed by atoms with Gasteiger partial charge in [-0.05, 0) is 43.3 Å². The Morgan fingerprint density at radius 3 is 2.15 bits per heavy atom. The number of hydrogen-bond acceptors (Lipinski definition) is 4. The van der Waals surface area contributed by atoms with Crippen molar-refractivity contribution in [2.75, 3.05) is 26.2 Å². The summed E-state index contributed by atoms with van der Waals surface area (Å²) in [5.74, 6) is 0.482. The molecule has 146 valence electrons. The maximum absolute atomic E-state index is 12.5. The predicted octanol–water partition coefficient (Wildman–Crippen LogP) is 2.83. The van der Waals surface area contributed by atoms with E-state index in [9.17, 15) is 13.2 Å². The summed E-state index contributed by atoms with van der Waals surface area (Å²) in [6.45, 7) is 7.10. The first-order valence-electron chi connectivity index (χ1n) is 8.96. The van der Waals surface area contributed by atoms with E-state index in [0.717, 1.165) is 11.3 Å². The van der Waals surface area contributed by atoms with E-state index in [-0.39, 0.29) is 10.8 Å². The standard InChI is InChI=1S/C20H26N2O4S/c1-4-22(5-2)27(24,25)19-12-8-17(9-13-19)20(23)21-14-15-26-18-10-6-16(3)7-11-18/h6-13H,4-5,14-15H2,1-3H3,(H,21,23). The van der Waals surface area contributed by atoms with Crippen molar-refractivity contribution in [3.05, 3.63) is 59.7 Å². The molecule has 0 bridgehead atoms. The molecule has 0 saturated heterocycles. The van der Waals surface area contributed by atoms with Gasteiger partial charge in [0, 0.05) is 18.7 Å². The summed E-state index contributed by atoms with van der Waals surface area (Å²) in [6.07, 6.45) is 0. The van der Waals surface area contributed by atoms with Crippen LogP contribution in [0.1, 0.15) is 29.8 Å². The number of aryl methyl sites for hydroxylation is 1. The number of carbonyl (C=O) groups excluding carboxylic acids is 1. The summed E-state index contributed by atoms with van der Waals surface area (Å²) >= 11 is 0. The summed E-state index contributed by atoms with van der Waals surface area (Å²) in [4.78, 5) is 12.4. The average Bonchev–Trinajstić information content (AvgIpc) is 2.67. The monoisotopic (exact) mass is 390 g/mol. The lowest BCUT2D eigenvalue weighted by Gasteiger charge is -2.18. The maximum Gasteiger partial charge on any atom is 0.251 e. The predicted molar refractivity (Wildman–Crippen MR) is 106 cm³/mol. The second-order valence-electron chi connectivity index (χ2n) is 6.03. The van der Waals surface area contributed by atoms with Crippen molar-refractivity contribution >= 4 is 15.9 Å². The van der Waals surface area contributed by atoms with Gasteiger partial charge < -0.3 is 10.1 Å². The molecule has 0 aliphatic heterocycles. The molecular weight excluding hydrogens is 364 g/mol. The van der Waals surface area contributed by atoms with Crippen LogP contribution in [0.5, 0.6) is 5.75 Å². The Morgan fingerprint density at radius 1 is 1.00 bits per heavy atom. The Morgan fingerprint density at radius 2 is 1.59 bits per heavy atom. The lowest BCUT2D eigenvalue weighted by atomic mass is 10.2. The third-order valence-electron chi connectivity index (χ3n) is 4.14. The number of nitrogens with one attached hydrogen (secondary N) is 1. The van der Waals surface area contributed by atoms with Gasteiger partial charge in [0.25, 0.3) is 5.91 Å². The minimum absolute atomic E-state index is 0.186. The van der Waals surface area contributed by atoms with E-state index < -0.39 is 10.0 Å². The first-order chi connectivity index (χ1) is 12.9. The molecule has 1 amide bonds. The molecule has 0 aliphatic rings. The zero-order valence-electron chi connectivity index (χ0n) is 15.9. The summed E-state index contributed by atoms with van der Waals surface area (Å²) in [5.41, 5.74) is 1.56. The van der Waals surface area contributed by atoms with Crippen molar-refractivity contribution < 1.29 is 17.9 Å². The van der Waals surface area contributed by atoms with Crippen LogP contribution in [0.3, 0.4) is 0 Å². The molecule has 0 fully saturated rings. The van der Waals surface area contributed by atoms with Gasteiger partial charge in [0.15, 0.2) is 0 Å². The lowest BCUT2D eigenvalue weighted by Crippen LogP contribution is -2.31. The number of nitrogens with zero attached hydrogens (tertiary/aromatic N) is 1. The second kappa shape index (κ2) is 9.53. The lowest BCUT2D eigenvalue weighted by molar-refractivity contribution is 0.0947. The fourth-order valence-corrected chi connectivity index (χ4v) is 4.02. The van der Waals surface area contributed by atoms with Crippen molar-refractivity contribution in [3.8, 4) is 5.75 Å². The molecule has 2 aromatic carbocycles. The van der Waals surface area contributed by atoms with Crippen molar-refractivity contribution in [3.63, 3.8) is 0 Å². The number of amides is 1.